The number of halogens is 1. The number of phenolic OH excluding ortho intramolecular Hbond substituents is 1. The Morgan fingerprint density at radius 3 is 2.28 bits per heavy atom. The maximum absolute atomic E-state index is 10.6. The van der Waals surface area contributed by atoms with Gasteiger partial charge in [0.25, 0.3) is 0 Å². The third kappa shape index (κ3) is 2.43. The molecule has 1 aromatic rings. The third-order valence-corrected chi connectivity index (χ3v) is 4.37. The van der Waals surface area contributed by atoms with Crippen LogP contribution < -0.4 is 5.73 Å². The summed E-state index contributed by atoms with van der Waals surface area (Å²) < 4.78 is 0.997. The number of nitrogens with two attached hydrogens (primary N) is 1. The molecule has 0 unspecified atom stereocenters. The molecule has 2 rings (SSSR count). The van der Waals surface area contributed by atoms with Gasteiger partial charge < -0.3 is 10.8 Å². The molecule has 0 amide bonds. The largest absolute Gasteiger partial charge is 0.507 e. The van der Waals surface area contributed by atoms with Crippen LogP contribution in [0.4, 0.5) is 0 Å². The highest BCUT2D eigenvalue weighted by Crippen LogP contribution is 2.45. The summed E-state index contributed by atoms with van der Waals surface area (Å²) in [7, 11) is 0. The zero-order chi connectivity index (χ0) is 13.6. The first kappa shape index (κ1) is 13.9. The molecule has 0 saturated heterocycles. The Bertz CT molecular complexity index is 456. The molecule has 0 bridgehead atoms. The van der Waals surface area contributed by atoms with Crippen molar-refractivity contribution < 1.29 is 5.11 Å². The maximum atomic E-state index is 10.6. The summed E-state index contributed by atoms with van der Waals surface area (Å²) in [6.45, 7) is 6.32. The topological polar surface area (TPSA) is 46.2 Å². The van der Waals surface area contributed by atoms with Gasteiger partial charge in [0.1, 0.15) is 5.75 Å². The Kier molecular flexibility index (Phi) is 3.50. The molecule has 0 heterocycles. The van der Waals surface area contributed by atoms with Crippen LogP contribution in [0.5, 0.6) is 5.75 Å². The van der Waals surface area contributed by atoms with E-state index in [0.717, 1.165) is 41.3 Å². The Morgan fingerprint density at radius 1 is 1.22 bits per heavy atom. The molecular weight excluding hydrogens is 290 g/mol. The van der Waals surface area contributed by atoms with Gasteiger partial charge in [-0.15, -0.1) is 0 Å². The molecule has 1 aliphatic rings. The van der Waals surface area contributed by atoms with E-state index in [1.165, 1.54) is 0 Å². The highest BCUT2D eigenvalue weighted by molar-refractivity contribution is 9.10. The lowest BCUT2D eigenvalue weighted by atomic mass is 9.81. The molecule has 0 radical (unpaired) electrons. The fourth-order valence-corrected chi connectivity index (χ4v) is 3.28. The molecule has 3 heteroatoms. The number of hydrogen-bond donors (Lipinski definition) is 2. The first-order chi connectivity index (χ1) is 8.24. The predicted molar refractivity (Wildman–Crippen MR) is 78.8 cm³/mol. The van der Waals surface area contributed by atoms with Gasteiger partial charge in [0, 0.05) is 21.1 Å². The van der Waals surface area contributed by atoms with Crippen molar-refractivity contribution in [3.8, 4) is 5.75 Å². The molecule has 0 spiro atoms. The summed E-state index contributed by atoms with van der Waals surface area (Å²) in [5.41, 5.74) is 7.91. The average Bonchev–Trinajstić information content (AvgIpc) is 2.67. The van der Waals surface area contributed by atoms with Gasteiger partial charge in [0.15, 0.2) is 0 Å². The SMILES string of the molecule is CC(C)(C)c1cc(Br)cc(C2(N)CCCC2)c1O. The highest BCUT2D eigenvalue weighted by atomic mass is 79.9. The van der Waals surface area contributed by atoms with Crippen molar-refractivity contribution in [2.24, 2.45) is 5.73 Å². The monoisotopic (exact) mass is 311 g/mol. The lowest BCUT2D eigenvalue weighted by Crippen LogP contribution is -2.33. The zero-order valence-electron chi connectivity index (χ0n) is 11.4. The van der Waals surface area contributed by atoms with Crippen LogP contribution in [0, 0.1) is 0 Å². The number of benzene rings is 1. The molecule has 1 fully saturated rings. The molecule has 0 aliphatic heterocycles. The Morgan fingerprint density at radius 2 is 1.78 bits per heavy atom. The van der Waals surface area contributed by atoms with E-state index in [4.69, 9.17) is 5.73 Å². The average molecular weight is 312 g/mol. The minimum Gasteiger partial charge on any atom is -0.507 e. The molecule has 0 aromatic heterocycles. The molecule has 3 N–H and O–H groups in total. The quantitative estimate of drug-likeness (QED) is 0.817. The fraction of sp³-hybridized carbons (Fsp3) is 0.600. The van der Waals surface area contributed by atoms with Gasteiger partial charge in [-0.05, 0) is 30.4 Å². The van der Waals surface area contributed by atoms with Crippen molar-refractivity contribution in [2.75, 3.05) is 0 Å². The van der Waals surface area contributed by atoms with Crippen molar-refractivity contribution in [1.29, 1.82) is 0 Å². The van der Waals surface area contributed by atoms with Gasteiger partial charge in [-0.3, -0.25) is 0 Å². The summed E-state index contributed by atoms with van der Waals surface area (Å²) in [5, 5.41) is 10.6. The summed E-state index contributed by atoms with van der Waals surface area (Å²) >= 11 is 3.54. The van der Waals surface area contributed by atoms with Crippen molar-refractivity contribution in [1.82, 2.24) is 0 Å². The van der Waals surface area contributed by atoms with Crippen LogP contribution in [0.3, 0.4) is 0 Å². The molecule has 2 nitrogen and oxygen atoms in total. The molecule has 100 valence electrons. The highest BCUT2D eigenvalue weighted by Gasteiger charge is 2.35. The van der Waals surface area contributed by atoms with E-state index in [1.54, 1.807) is 0 Å². The fourth-order valence-electron chi connectivity index (χ4n) is 2.83. The van der Waals surface area contributed by atoms with Crippen molar-refractivity contribution in [3.63, 3.8) is 0 Å². The Balaban J connectivity index is 2.58. The lowest BCUT2D eigenvalue weighted by Gasteiger charge is -2.29. The lowest BCUT2D eigenvalue weighted by molar-refractivity contribution is 0.395. The van der Waals surface area contributed by atoms with Crippen LogP contribution >= 0.6 is 15.9 Å². The molecular formula is C15H22BrNO. The maximum Gasteiger partial charge on any atom is 0.124 e. The summed E-state index contributed by atoms with van der Waals surface area (Å²) in [4.78, 5) is 0. The molecule has 1 aromatic carbocycles. The smallest absolute Gasteiger partial charge is 0.124 e. The van der Waals surface area contributed by atoms with E-state index >= 15 is 0 Å². The van der Waals surface area contributed by atoms with Crippen LogP contribution in [0.25, 0.3) is 0 Å². The number of rotatable bonds is 1. The van der Waals surface area contributed by atoms with E-state index in [0.29, 0.717) is 5.75 Å². The molecule has 18 heavy (non-hydrogen) atoms. The second-order valence-electron chi connectivity index (χ2n) is 6.46. The van der Waals surface area contributed by atoms with Crippen molar-refractivity contribution in [2.45, 2.75) is 57.4 Å². The number of aromatic hydroxyl groups is 1. The first-order valence-corrected chi connectivity index (χ1v) is 7.36. The molecule has 1 aliphatic carbocycles. The van der Waals surface area contributed by atoms with E-state index in [-0.39, 0.29) is 11.0 Å². The van der Waals surface area contributed by atoms with E-state index < -0.39 is 0 Å². The van der Waals surface area contributed by atoms with E-state index in [1.807, 2.05) is 12.1 Å². The number of phenols is 1. The van der Waals surface area contributed by atoms with Crippen molar-refractivity contribution in [3.05, 3.63) is 27.7 Å². The van der Waals surface area contributed by atoms with Gasteiger partial charge in [-0.25, -0.2) is 0 Å². The van der Waals surface area contributed by atoms with E-state index in [9.17, 15) is 5.11 Å². The van der Waals surface area contributed by atoms with Gasteiger partial charge in [-0.2, -0.15) is 0 Å². The summed E-state index contributed by atoms with van der Waals surface area (Å²) in [6, 6.07) is 3.98. The van der Waals surface area contributed by atoms with Crippen LogP contribution in [-0.2, 0) is 11.0 Å². The van der Waals surface area contributed by atoms with Gasteiger partial charge in [0.2, 0.25) is 0 Å². The van der Waals surface area contributed by atoms with Crippen LogP contribution in [0.1, 0.15) is 57.6 Å². The van der Waals surface area contributed by atoms with Crippen LogP contribution in [-0.4, -0.2) is 5.11 Å². The van der Waals surface area contributed by atoms with Gasteiger partial charge >= 0.3 is 0 Å². The Hall–Kier alpha value is -0.540. The van der Waals surface area contributed by atoms with Gasteiger partial charge in [0.05, 0.1) is 0 Å². The van der Waals surface area contributed by atoms with Crippen molar-refractivity contribution >= 4 is 15.9 Å². The minimum atomic E-state index is -0.353. The first-order valence-electron chi connectivity index (χ1n) is 6.56. The molecule has 0 atom stereocenters. The van der Waals surface area contributed by atoms with E-state index in [2.05, 4.69) is 36.7 Å². The standard InChI is InChI=1S/C15H22BrNO/c1-14(2,3)11-8-10(16)9-12(13(11)18)15(17)6-4-5-7-15/h8-9,18H,4-7,17H2,1-3H3. The van der Waals surface area contributed by atoms with Crippen LogP contribution in [0.2, 0.25) is 0 Å². The zero-order valence-corrected chi connectivity index (χ0v) is 13.0. The summed E-state index contributed by atoms with van der Waals surface area (Å²) in [6.07, 6.45) is 4.21. The molecule has 1 saturated carbocycles. The second kappa shape index (κ2) is 4.53. The number of hydrogen-bond acceptors (Lipinski definition) is 2. The Labute approximate surface area is 118 Å². The normalized spacial score (nSPS) is 19.2. The van der Waals surface area contributed by atoms with Crippen LogP contribution in [0.15, 0.2) is 16.6 Å². The third-order valence-electron chi connectivity index (χ3n) is 3.91. The minimum absolute atomic E-state index is 0.0857. The summed E-state index contributed by atoms with van der Waals surface area (Å²) in [5.74, 6) is 0.384. The second-order valence-corrected chi connectivity index (χ2v) is 7.38. The predicted octanol–water partition coefficient (Wildman–Crippen LogP) is 4.18. The van der Waals surface area contributed by atoms with Gasteiger partial charge in [-0.1, -0.05) is 49.5 Å².